The maximum Gasteiger partial charge on any atom is 0.163 e. The molecule has 1 aromatic carbocycles. The zero-order valence-electron chi connectivity index (χ0n) is 11.0. The largest absolute Gasteiger partial charge is 0.383 e. The van der Waals surface area contributed by atoms with Gasteiger partial charge in [-0.2, -0.15) is 0 Å². The lowest BCUT2D eigenvalue weighted by molar-refractivity contribution is 0.836. The summed E-state index contributed by atoms with van der Waals surface area (Å²) < 4.78 is 0.930. The molecule has 0 fully saturated rings. The molecule has 0 bridgehead atoms. The number of rotatable bonds is 2. The van der Waals surface area contributed by atoms with Gasteiger partial charge in [-0.1, -0.05) is 41.4 Å². The molecule has 0 spiro atoms. The van der Waals surface area contributed by atoms with E-state index < -0.39 is 0 Å². The number of benzene rings is 1. The van der Waals surface area contributed by atoms with Crippen LogP contribution in [0.4, 0.5) is 5.82 Å². The third-order valence-electron chi connectivity index (χ3n) is 2.91. The van der Waals surface area contributed by atoms with Gasteiger partial charge in [0.2, 0.25) is 0 Å². The second kappa shape index (κ2) is 5.47. The van der Waals surface area contributed by atoms with Crippen LogP contribution >= 0.6 is 27.5 Å². The van der Waals surface area contributed by atoms with E-state index in [-0.39, 0.29) is 0 Å². The lowest BCUT2D eigenvalue weighted by Gasteiger charge is -2.13. The van der Waals surface area contributed by atoms with Crippen LogP contribution in [0.1, 0.15) is 31.0 Å². The predicted octanol–water partition coefficient (Wildman–Crippen LogP) is 4.57. The summed E-state index contributed by atoms with van der Waals surface area (Å²) in [7, 11) is 0. The van der Waals surface area contributed by atoms with Crippen molar-refractivity contribution in [1.82, 2.24) is 9.97 Å². The van der Waals surface area contributed by atoms with Gasteiger partial charge < -0.3 is 5.73 Å². The van der Waals surface area contributed by atoms with Gasteiger partial charge in [0.25, 0.3) is 0 Å². The van der Waals surface area contributed by atoms with Gasteiger partial charge in [-0.05, 0) is 31.0 Å². The van der Waals surface area contributed by atoms with E-state index >= 15 is 0 Å². The van der Waals surface area contributed by atoms with Crippen molar-refractivity contribution in [2.45, 2.75) is 26.7 Å². The Morgan fingerprint density at radius 2 is 1.95 bits per heavy atom. The summed E-state index contributed by atoms with van der Waals surface area (Å²) in [5.74, 6) is 1.38. The molecule has 3 nitrogen and oxygen atoms in total. The number of halogens is 2. The number of nitrogens with two attached hydrogens (primary N) is 1. The van der Waals surface area contributed by atoms with Crippen LogP contribution in [0.25, 0.3) is 11.4 Å². The number of hydrogen-bond acceptors (Lipinski definition) is 3. The van der Waals surface area contributed by atoms with Crippen LogP contribution in [0.2, 0.25) is 5.02 Å². The van der Waals surface area contributed by atoms with Crippen LogP contribution in [-0.4, -0.2) is 9.97 Å². The van der Waals surface area contributed by atoms with Crippen molar-refractivity contribution in [2.24, 2.45) is 0 Å². The van der Waals surface area contributed by atoms with Crippen molar-refractivity contribution in [3.63, 3.8) is 0 Å². The molecular weight excluding hydrogens is 326 g/mol. The molecule has 0 aliphatic carbocycles. The molecule has 0 saturated carbocycles. The van der Waals surface area contributed by atoms with Gasteiger partial charge in [0.1, 0.15) is 5.82 Å². The average molecular weight is 341 g/mol. The third-order valence-corrected chi connectivity index (χ3v) is 3.74. The van der Waals surface area contributed by atoms with Gasteiger partial charge in [-0.15, -0.1) is 0 Å². The molecule has 0 atom stereocenters. The Kier molecular flexibility index (Phi) is 4.11. The predicted molar refractivity (Wildman–Crippen MR) is 83.4 cm³/mol. The Morgan fingerprint density at radius 3 is 2.53 bits per heavy atom. The van der Waals surface area contributed by atoms with Crippen LogP contribution in [0.3, 0.4) is 0 Å². The van der Waals surface area contributed by atoms with E-state index in [1.54, 1.807) is 0 Å². The number of nitrogen functional groups attached to an aromatic ring is 1. The van der Waals surface area contributed by atoms with E-state index in [1.807, 2.05) is 25.1 Å². The van der Waals surface area contributed by atoms with Crippen molar-refractivity contribution < 1.29 is 0 Å². The molecule has 2 aromatic rings. The highest BCUT2D eigenvalue weighted by Gasteiger charge is 2.15. The average Bonchev–Trinajstić information content (AvgIpc) is 2.30. The smallest absolute Gasteiger partial charge is 0.163 e. The highest BCUT2D eigenvalue weighted by molar-refractivity contribution is 9.10. The number of nitrogens with zero attached hydrogens (tertiary/aromatic N) is 2. The van der Waals surface area contributed by atoms with Crippen LogP contribution < -0.4 is 5.73 Å². The van der Waals surface area contributed by atoms with Gasteiger partial charge >= 0.3 is 0 Å². The molecule has 0 aliphatic heterocycles. The molecule has 0 amide bonds. The van der Waals surface area contributed by atoms with E-state index in [1.165, 1.54) is 0 Å². The van der Waals surface area contributed by atoms with E-state index in [2.05, 4.69) is 39.7 Å². The fourth-order valence-corrected chi connectivity index (χ4v) is 2.67. The molecule has 2 N–H and O–H groups in total. The van der Waals surface area contributed by atoms with Gasteiger partial charge in [-0.25, -0.2) is 9.97 Å². The molecule has 1 heterocycles. The van der Waals surface area contributed by atoms with Gasteiger partial charge in [0, 0.05) is 21.3 Å². The Labute approximate surface area is 126 Å². The van der Waals surface area contributed by atoms with Crippen molar-refractivity contribution in [2.75, 3.05) is 5.73 Å². The number of aryl methyl sites for hydroxylation is 1. The molecule has 2 rings (SSSR count). The molecule has 0 radical (unpaired) electrons. The quantitative estimate of drug-likeness (QED) is 0.871. The van der Waals surface area contributed by atoms with E-state index in [9.17, 15) is 0 Å². The molecule has 100 valence electrons. The lowest BCUT2D eigenvalue weighted by Crippen LogP contribution is -2.06. The van der Waals surface area contributed by atoms with Crippen molar-refractivity contribution in [3.8, 4) is 11.4 Å². The topological polar surface area (TPSA) is 51.8 Å². The highest BCUT2D eigenvalue weighted by atomic mass is 79.9. The van der Waals surface area contributed by atoms with Crippen LogP contribution in [0.5, 0.6) is 0 Å². The first-order chi connectivity index (χ1) is 8.90. The summed E-state index contributed by atoms with van der Waals surface area (Å²) in [5.41, 5.74) is 8.71. The van der Waals surface area contributed by atoms with E-state index in [4.69, 9.17) is 17.3 Å². The Hall–Kier alpha value is -1.13. The van der Waals surface area contributed by atoms with Crippen molar-refractivity contribution in [1.29, 1.82) is 0 Å². The second-order valence-electron chi connectivity index (χ2n) is 4.71. The van der Waals surface area contributed by atoms with Crippen LogP contribution in [-0.2, 0) is 0 Å². The SMILES string of the molecule is Cc1nc(-c2cc(Br)ccc2Cl)nc(N)c1C(C)C. The van der Waals surface area contributed by atoms with E-state index in [0.717, 1.165) is 21.3 Å². The monoisotopic (exact) mass is 339 g/mol. The summed E-state index contributed by atoms with van der Waals surface area (Å²) >= 11 is 9.62. The Morgan fingerprint density at radius 1 is 1.26 bits per heavy atom. The molecule has 19 heavy (non-hydrogen) atoms. The maximum absolute atomic E-state index is 6.20. The summed E-state index contributed by atoms with van der Waals surface area (Å²) in [5, 5.41) is 0.610. The Bertz CT molecular complexity index is 603. The first kappa shape index (κ1) is 14.3. The molecule has 0 saturated heterocycles. The third kappa shape index (κ3) is 2.90. The van der Waals surface area contributed by atoms with Gasteiger partial charge in [-0.3, -0.25) is 0 Å². The van der Waals surface area contributed by atoms with E-state index in [0.29, 0.717) is 22.6 Å². The highest BCUT2D eigenvalue weighted by Crippen LogP contribution is 2.31. The van der Waals surface area contributed by atoms with Crippen molar-refractivity contribution in [3.05, 3.63) is 39.0 Å². The van der Waals surface area contributed by atoms with Crippen LogP contribution in [0.15, 0.2) is 22.7 Å². The minimum atomic E-state index is 0.298. The standard InChI is InChI=1S/C14H15BrClN3/c1-7(2)12-8(3)18-14(19-13(12)17)10-6-9(15)4-5-11(10)16/h4-7H,1-3H3,(H2,17,18,19). The van der Waals surface area contributed by atoms with Crippen LogP contribution in [0, 0.1) is 6.92 Å². The zero-order valence-corrected chi connectivity index (χ0v) is 13.4. The molecule has 0 aliphatic rings. The number of anilines is 1. The summed E-state index contributed by atoms with van der Waals surface area (Å²) in [6, 6.07) is 5.59. The molecular formula is C14H15BrClN3. The fraction of sp³-hybridized carbons (Fsp3) is 0.286. The second-order valence-corrected chi connectivity index (χ2v) is 6.03. The zero-order chi connectivity index (χ0) is 14.2. The first-order valence-electron chi connectivity index (χ1n) is 5.99. The molecule has 5 heteroatoms. The first-order valence-corrected chi connectivity index (χ1v) is 7.16. The van der Waals surface area contributed by atoms with Gasteiger partial charge in [0.05, 0.1) is 5.02 Å². The molecule has 1 aromatic heterocycles. The molecule has 0 unspecified atom stereocenters. The lowest BCUT2D eigenvalue weighted by atomic mass is 10.0. The minimum Gasteiger partial charge on any atom is -0.383 e. The maximum atomic E-state index is 6.20. The summed E-state index contributed by atoms with van der Waals surface area (Å²) in [6.07, 6.45) is 0. The summed E-state index contributed by atoms with van der Waals surface area (Å²) in [6.45, 7) is 6.10. The fourth-order valence-electron chi connectivity index (χ4n) is 2.11. The summed E-state index contributed by atoms with van der Waals surface area (Å²) in [4.78, 5) is 8.92. The van der Waals surface area contributed by atoms with Gasteiger partial charge in [0.15, 0.2) is 5.82 Å². The number of aromatic nitrogens is 2. The Balaban J connectivity index is 2.62. The number of hydrogen-bond donors (Lipinski definition) is 1. The van der Waals surface area contributed by atoms with Crippen molar-refractivity contribution >= 4 is 33.3 Å². The minimum absolute atomic E-state index is 0.298. The normalized spacial score (nSPS) is 11.1.